The molecule has 0 atom stereocenters. The van der Waals surface area contributed by atoms with E-state index in [0.29, 0.717) is 24.3 Å². The summed E-state index contributed by atoms with van der Waals surface area (Å²) in [5.41, 5.74) is 0.968. The summed E-state index contributed by atoms with van der Waals surface area (Å²) in [6.07, 6.45) is 4.90. The highest BCUT2D eigenvalue weighted by atomic mass is 16.5. The molecule has 0 saturated carbocycles. The number of rotatable bonds is 8. The molecule has 0 spiro atoms. The van der Waals surface area contributed by atoms with E-state index in [-0.39, 0.29) is 5.56 Å². The molecule has 2 aromatic rings. The van der Waals surface area contributed by atoms with Gasteiger partial charge in [-0.1, -0.05) is 39.3 Å². The summed E-state index contributed by atoms with van der Waals surface area (Å²) in [6, 6.07) is 5.83. The lowest BCUT2D eigenvalue weighted by molar-refractivity contribution is 0.320. The highest BCUT2D eigenvalue weighted by Crippen LogP contribution is 2.25. The zero-order valence-electron chi connectivity index (χ0n) is 13.9. The molecule has 0 radical (unpaired) electrons. The third-order valence-electron chi connectivity index (χ3n) is 3.69. The van der Waals surface area contributed by atoms with Crippen molar-refractivity contribution in [2.24, 2.45) is 0 Å². The molecule has 2 rings (SSSR count). The molecular formula is C18H26N2O2. The lowest BCUT2D eigenvalue weighted by Gasteiger charge is -2.13. The molecule has 0 bridgehead atoms. The van der Waals surface area contributed by atoms with Crippen LogP contribution in [0.15, 0.2) is 23.0 Å². The Hall–Kier alpha value is -1.84. The number of aromatic nitrogens is 2. The Labute approximate surface area is 132 Å². The van der Waals surface area contributed by atoms with Crippen LogP contribution < -0.4 is 10.3 Å². The van der Waals surface area contributed by atoms with Gasteiger partial charge in [-0.25, -0.2) is 4.68 Å². The van der Waals surface area contributed by atoms with E-state index in [1.165, 1.54) is 0 Å². The van der Waals surface area contributed by atoms with E-state index in [1.807, 2.05) is 18.2 Å². The summed E-state index contributed by atoms with van der Waals surface area (Å²) in [7, 11) is 0. The van der Waals surface area contributed by atoms with Gasteiger partial charge < -0.3 is 4.74 Å². The smallest absolute Gasteiger partial charge is 0.278 e. The number of nitrogens with zero attached hydrogens (tertiary/aromatic N) is 2. The van der Waals surface area contributed by atoms with E-state index in [9.17, 15) is 4.79 Å². The van der Waals surface area contributed by atoms with Crippen LogP contribution in [0.25, 0.3) is 10.8 Å². The second-order valence-corrected chi connectivity index (χ2v) is 5.61. The summed E-state index contributed by atoms with van der Waals surface area (Å²) in [4.78, 5) is 12.7. The minimum absolute atomic E-state index is 0.0381. The lowest BCUT2D eigenvalue weighted by atomic mass is 10.1. The minimum Gasteiger partial charge on any atom is -0.493 e. The summed E-state index contributed by atoms with van der Waals surface area (Å²) >= 11 is 0. The number of aryl methyl sites for hydroxylation is 2. The van der Waals surface area contributed by atoms with Crippen molar-refractivity contribution in [1.29, 1.82) is 0 Å². The average Bonchev–Trinajstić information content (AvgIpc) is 2.54. The molecule has 4 heteroatoms. The molecule has 0 saturated heterocycles. The SMILES string of the molecule is CCCCc1nn(CCC)c(=O)c2c(OCCC)cccc12. The van der Waals surface area contributed by atoms with Crippen LogP contribution in [-0.4, -0.2) is 16.4 Å². The van der Waals surface area contributed by atoms with Gasteiger partial charge in [0.2, 0.25) is 0 Å². The van der Waals surface area contributed by atoms with Gasteiger partial charge in [-0.3, -0.25) is 4.79 Å². The van der Waals surface area contributed by atoms with Crippen LogP contribution in [0, 0.1) is 0 Å². The van der Waals surface area contributed by atoms with Crippen LogP contribution in [0.3, 0.4) is 0 Å². The van der Waals surface area contributed by atoms with Gasteiger partial charge >= 0.3 is 0 Å². The van der Waals surface area contributed by atoms with Gasteiger partial charge in [-0.2, -0.15) is 5.10 Å². The molecule has 1 heterocycles. The third-order valence-corrected chi connectivity index (χ3v) is 3.69. The minimum atomic E-state index is -0.0381. The Morgan fingerprint density at radius 3 is 2.64 bits per heavy atom. The number of hydrogen-bond donors (Lipinski definition) is 0. The lowest BCUT2D eigenvalue weighted by Crippen LogP contribution is -2.25. The highest BCUT2D eigenvalue weighted by molar-refractivity contribution is 5.89. The molecular weight excluding hydrogens is 276 g/mol. The highest BCUT2D eigenvalue weighted by Gasteiger charge is 2.14. The first-order valence-corrected chi connectivity index (χ1v) is 8.38. The van der Waals surface area contributed by atoms with Gasteiger partial charge in [-0.05, 0) is 31.7 Å². The zero-order chi connectivity index (χ0) is 15.9. The van der Waals surface area contributed by atoms with Gasteiger partial charge in [0.05, 0.1) is 17.7 Å². The Bertz CT molecular complexity index is 677. The third kappa shape index (κ3) is 3.49. The second kappa shape index (κ2) is 7.97. The standard InChI is InChI=1S/C18H26N2O2/c1-4-7-10-15-14-9-8-11-16(22-13-6-3)17(14)18(21)20(19-15)12-5-2/h8-9,11H,4-7,10,12-13H2,1-3H3. The number of benzene rings is 1. The van der Waals surface area contributed by atoms with Crippen molar-refractivity contribution in [2.75, 3.05) is 6.61 Å². The molecule has 22 heavy (non-hydrogen) atoms. The number of ether oxygens (including phenoxy) is 1. The van der Waals surface area contributed by atoms with E-state index < -0.39 is 0 Å². The zero-order valence-corrected chi connectivity index (χ0v) is 13.9. The predicted molar refractivity (Wildman–Crippen MR) is 90.7 cm³/mol. The van der Waals surface area contributed by atoms with Gasteiger partial charge in [0, 0.05) is 11.9 Å². The van der Waals surface area contributed by atoms with Crippen LogP contribution in [0.5, 0.6) is 5.75 Å². The topological polar surface area (TPSA) is 44.1 Å². The van der Waals surface area contributed by atoms with Crippen molar-refractivity contribution in [3.8, 4) is 5.75 Å². The van der Waals surface area contributed by atoms with E-state index >= 15 is 0 Å². The molecule has 4 nitrogen and oxygen atoms in total. The summed E-state index contributed by atoms with van der Waals surface area (Å²) in [5.74, 6) is 0.689. The molecule has 120 valence electrons. The first-order valence-electron chi connectivity index (χ1n) is 8.38. The fourth-order valence-electron chi connectivity index (χ4n) is 2.59. The quantitative estimate of drug-likeness (QED) is 0.742. The second-order valence-electron chi connectivity index (χ2n) is 5.61. The monoisotopic (exact) mass is 302 g/mol. The maximum atomic E-state index is 12.7. The van der Waals surface area contributed by atoms with Crippen LogP contribution in [0.2, 0.25) is 0 Å². The molecule has 0 N–H and O–H groups in total. The van der Waals surface area contributed by atoms with E-state index in [0.717, 1.165) is 43.2 Å². The fraction of sp³-hybridized carbons (Fsp3) is 0.556. The number of unbranched alkanes of at least 4 members (excludes halogenated alkanes) is 1. The summed E-state index contributed by atoms with van der Waals surface area (Å²) in [6.45, 7) is 7.56. The normalized spacial score (nSPS) is 11.0. The molecule has 0 amide bonds. The van der Waals surface area contributed by atoms with Gasteiger partial charge in [-0.15, -0.1) is 0 Å². The van der Waals surface area contributed by atoms with Crippen molar-refractivity contribution < 1.29 is 4.74 Å². The molecule has 1 aromatic carbocycles. The summed E-state index contributed by atoms with van der Waals surface area (Å²) in [5, 5.41) is 6.23. The van der Waals surface area contributed by atoms with Gasteiger partial charge in [0.25, 0.3) is 5.56 Å². The molecule has 0 fully saturated rings. The maximum absolute atomic E-state index is 12.7. The molecule has 0 aliphatic heterocycles. The molecule has 0 aliphatic carbocycles. The number of fused-ring (bicyclic) bond motifs is 1. The van der Waals surface area contributed by atoms with Crippen molar-refractivity contribution in [3.05, 3.63) is 34.2 Å². The Balaban J connectivity index is 2.63. The van der Waals surface area contributed by atoms with Gasteiger partial charge in [0.1, 0.15) is 5.75 Å². The van der Waals surface area contributed by atoms with E-state index in [2.05, 4.69) is 25.9 Å². The van der Waals surface area contributed by atoms with Crippen LogP contribution in [0.1, 0.15) is 52.1 Å². The first kappa shape index (κ1) is 16.5. The van der Waals surface area contributed by atoms with Crippen LogP contribution in [0.4, 0.5) is 0 Å². The van der Waals surface area contributed by atoms with Crippen LogP contribution >= 0.6 is 0 Å². The van der Waals surface area contributed by atoms with Crippen molar-refractivity contribution in [1.82, 2.24) is 9.78 Å². The maximum Gasteiger partial charge on any atom is 0.278 e. The summed E-state index contributed by atoms with van der Waals surface area (Å²) < 4.78 is 7.40. The fourth-order valence-corrected chi connectivity index (χ4v) is 2.59. The molecule has 1 aromatic heterocycles. The average molecular weight is 302 g/mol. The van der Waals surface area contributed by atoms with E-state index in [4.69, 9.17) is 4.74 Å². The first-order chi connectivity index (χ1) is 10.7. The molecule has 0 unspecified atom stereocenters. The van der Waals surface area contributed by atoms with Crippen molar-refractivity contribution in [2.45, 2.75) is 59.4 Å². The van der Waals surface area contributed by atoms with Crippen molar-refractivity contribution >= 4 is 10.8 Å². The Morgan fingerprint density at radius 2 is 1.95 bits per heavy atom. The Kier molecular flexibility index (Phi) is 5.99. The van der Waals surface area contributed by atoms with Crippen molar-refractivity contribution in [3.63, 3.8) is 0 Å². The largest absolute Gasteiger partial charge is 0.493 e. The van der Waals surface area contributed by atoms with Crippen LogP contribution in [-0.2, 0) is 13.0 Å². The molecule has 0 aliphatic rings. The predicted octanol–water partition coefficient (Wildman–Crippen LogP) is 3.94. The Morgan fingerprint density at radius 1 is 1.14 bits per heavy atom. The van der Waals surface area contributed by atoms with Gasteiger partial charge in [0.15, 0.2) is 0 Å². The van der Waals surface area contributed by atoms with E-state index in [1.54, 1.807) is 4.68 Å². The number of hydrogen-bond acceptors (Lipinski definition) is 3.